The number of carbonyl (C=O) groups is 1. The van der Waals surface area contributed by atoms with Crippen LogP contribution in [0.1, 0.15) is 24.3 Å². The molecule has 0 atom stereocenters. The fraction of sp³-hybridized carbons (Fsp3) is 0.500. The van der Waals surface area contributed by atoms with Crippen molar-refractivity contribution < 1.29 is 18.0 Å². The molecule has 0 spiro atoms. The fourth-order valence-electron chi connectivity index (χ4n) is 1.57. The summed E-state index contributed by atoms with van der Waals surface area (Å²) >= 11 is 5.63. The highest BCUT2D eigenvalue weighted by atomic mass is 35.5. The zero-order valence-corrected chi connectivity index (χ0v) is 11.3. The van der Waals surface area contributed by atoms with Crippen molar-refractivity contribution in [2.24, 2.45) is 5.92 Å². The molecule has 1 aromatic heterocycles. The molecule has 3 nitrogen and oxygen atoms in total. The number of nitrogens with zero attached hydrogens (tertiary/aromatic N) is 2. The third kappa shape index (κ3) is 5.46. The van der Waals surface area contributed by atoms with E-state index in [4.69, 9.17) is 11.6 Å². The summed E-state index contributed by atoms with van der Waals surface area (Å²) in [5.41, 5.74) is -0.0857. The summed E-state index contributed by atoms with van der Waals surface area (Å²) in [6.07, 6.45) is -4.44. The van der Waals surface area contributed by atoms with Crippen LogP contribution in [-0.4, -0.2) is 35.1 Å². The lowest BCUT2D eigenvalue weighted by Gasteiger charge is -2.25. The highest BCUT2D eigenvalue weighted by molar-refractivity contribution is 6.29. The van der Waals surface area contributed by atoms with Crippen molar-refractivity contribution >= 4 is 17.5 Å². The molecule has 0 aromatic carbocycles. The lowest BCUT2D eigenvalue weighted by molar-refractivity contribution is -0.141. The Balaban J connectivity index is 2.93. The maximum absolute atomic E-state index is 12.5. The van der Waals surface area contributed by atoms with Gasteiger partial charge in [-0.2, -0.15) is 13.2 Å². The van der Waals surface area contributed by atoms with Crippen LogP contribution < -0.4 is 0 Å². The highest BCUT2D eigenvalue weighted by Gasteiger charge is 2.33. The molecule has 0 N–H and O–H groups in total. The first-order valence-corrected chi connectivity index (χ1v) is 6.05. The Morgan fingerprint density at radius 1 is 1.42 bits per heavy atom. The molecule has 0 bridgehead atoms. The molecular weight excluding hydrogens is 281 g/mol. The van der Waals surface area contributed by atoms with E-state index in [2.05, 4.69) is 4.98 Å². The van der Waals surface area contributed by atoms with E-state index in [1.54, 1.807) is 13.8 Å². The van der Waals surface area contributed by atoms with E-state index in [0.717, 1.165) is 4.90 Å². The topological polar surface area (TPSA) is 33.2 Å². The third-order valence-electron chi connectivity index (χ3n) is 2.18. The van der Waals surface area contributed by atoms with Crippen LogP contribution in [0.15, 0.2) is 18.2 Å². The van der Waals surface area contributed by atoms with E-state index in [1.807, 2.05) is 0 Å². The molecule has 19 heavy (non-hydrogen) atoms. The summed E-state index contributed by atoms with van der Waals surface area (Å²) in [4.78, 5) is 16.5. The number of alkyl halides is 3. The van der Waals surface area contributed by atoms with E-state index in [9.17, 15) is 18.0 Å². The third-order valence-corrected chi connectivity index (χ3v) is 2.39. The van der Waals surface area contributed by atoms with Crippen LogP contribution in [0.25, 0.3) is 0 Å². The van der Waals surface area contributed by atoms with Gasteiger partial charge in [-0.3, -0.25) is 4.79 Å². The summed E-state index contributed by atoms with van der Waals surface area (Å²) in [5.74, 6) is -0.848. The number of hydrogen-bond donors (Lipinski definition) is 0. The number of aromatic nitrogens is 1. The van der Waals surface area contributed by atoms with Crippen molar-refractivity contribution in [3.05, 3.63) is 29.0 Å². The van der Waals surface area contributed by atoms with Gasteiger partial charge in [0.05, 0.1) is 0 Å². The molecule has 0 aliphatic rings. The Labute approximate surface area is 114 Å². The Bertz CT molecular complexity index is 449. The van der Waals surface area contributed by atoms with Crippen LogP contribution in [0.2, 0.25) is 5.15 Å². The van der Waals surface area contributed by atoms with Gasteiger partial charge in [-0.05, 0) is 18.1 Å². The molecular formula is C12H14ClF3N2O. The molecule has 0 aliphatic heterocycles. The Hall–Kier alpha value is -1.30. The summed E-state index contributed by atoms with van der Waals surface area (Å²) in [6.45, 7) is 2.19. The maximum Gasteiger partial charge on any atom is 0.406 e. The first kappa shape index (κ1) is 15.8. The van der Waals surface area contributed by atoms with Crippen molar-refractivity contribution in [3.8, 4) is 0 Å². The molecule has 1 amide bonds. The monoisotopic (exact) mass is 294 g/mol. The molecule has 0 aliphatic carbocycles. The minimum Gasteiger partial charge on any atom is -0.328 e. The zero-order valence-electron chi connectivity index (χ0n) is 10.5. The molecule has 1 aromatic rings. The van der Waals surface area contributed by atoms with Crippen molar-refractivity contribution in [3.63, 3.8) is 0 Å². The SMILES string of the molecule is CC(C)CN(CC(F)(F)F)C(=O)c1cccc(Cl)n1. The molecule has 1 heterocycles. The van der Waals surface area contributed by atoms with E-state index in [-0.39, 0.29) is 23.3 Å². The minimum atomic E-state index is -4.44. The van der Waals surface area contributed by atoms with Gasteiger partial charge < -0.3 is 4.90 Å². The highest BCUT2D eigenvalue weighted by Crippen LogP contribution is 2.19. The van der Waals surface area contributed by atoms with Crippen molar-refractivity contribution in [1.82, 2.24) is 9.88 Å². The minimum absolute atomic E-state index is 0.00648. The lowest BCUT2D eigenvalue weighted by Crippen LogP contribution is -2.41. The van der Waals surface area contributed by atoms with Crippen molar-refractivity contribution in [2.75, 3.05) is 13.1 Å². The normalized spacial score (nSPS) is 11.7. The average Bonchev–Trinajstić information content (AvgIpc) is 2.24. The largest absolute Gasteiger partial charge is 0.406 e. The molecule has 7 heteroatoms. The van der Waals surface area contributed by atoms with Crippen LogP contribution in [0.3, 0.4) is 0 Å². The summed E-state index contributed by atoms with van der Waals surface area (Å²) in [6, 6.07) is 4.27. The number of hydrogen-bond acceptors (Lipinski definition) is 2. The van der Waals surface area contributed by atoms with Crippen molar-refractivity contribution in [1.29, 1.82) is 0 Å². The number of amides is 1. The van der Waals surface area contributed by atoms with Crippen LogP contribution in [-0.2, 0) is 0 Å². The predicted octanol–water partition coefficient (Wildman–Crippen LogP) is 3.40. The number of rotatable bonds is 4. The predicted molar refractivity (Wildman–Crippen MR) is 66.0 cm³/mol. The van der Waals surface area contributed by atoms with Crippen LogP contribution in [0.4, 0.5) is 13.2 Å². The molecule has 106 valence electrons. The summed E-state index contributed by atoms with van der Waals surface area (Å²) < 4.78 is 37.4. The van der Waals surface area contributed by atoms with Gasteiger partial charge in [0.2, 0.25) is 0 Å². The van der Waals surface area contributed by atoms with Gasteiger partial charge >= 0.3 is 6.18 Å². The fourth-order valence-corrected chi connectivity index (χ4v) is 1.73. The van der Waals surface area contributed by atoms with Crippen molar-refractivity contribution in [2.45, 2.75) is 20.0 Å². The van der Waals surface area contributed by atoms with Gasteiger partial charge in [0.15, 0.2) is 0 Å². The summed E-state index contributed by atoms with van der Waals surface area (Å²) in [7, 11) is 0. The summed E-state index contributed by atoms with van der Waals surface area (Å²) in [5, 5.41) is 0.0716. The number of halogens is 4. The second-order valence-electron chi connectivity index (χ2n) is 4.54. The van der Waals surface area contributed by atoms with Crippen LogP contribution in [0.5, 0.6) is 0 Å². The quantitative estimate of drug-likeness (QED) is 0.798. The first-order chi connectivity index (χ1) is 8.69. The maximum atomic E-state index is 12.5. The molecule has 0 saturated carbocycles. The van der Waals surface area contributed by atoms with Gasteiger partial charge in [0, 0.05) is 6.54 Å². The van der Waals surface area contributed by atoms with Gasteiger partial charge in [0.25, 0.3) is 5.91 Å². The number of pyridine rings is 1. The van der Waals surface area contributed by atoms with Gasteiger partial charge in [-0.25, -0.2) is 4.98 Å². The number of carbonyl (C=O) groups excluding carboxylic acids is 1. The van der Waals surface area contributed by atoms with E-state index < -0.39 is 18.6 Å². The molecule has 0 unspecified atom stereocenters. The van der Waals surface area contributed by atoms with Gasteiger partial charge in [0.1, 0.15) is 17.4 Å². The first-order valence-electron chi connectivity index (χ1n) is 5.67. The second kappa shape index (κ2) is 6.23. The van der Waals surface area contributed by atoms with Crippen LogP contribution in [0, 0.1) is 5.92 Å². The average molecular weight is 295 g/mol. The molecule has 0 radical (unpaired) electrons. The Kier molecular flexibility index (Phi) is 5.17. The Morgan fingerprint density at radius 3 is 2.53 bits per heavy atom. The van der Waals surface area contributed by atoms with Gasteiger partial charge in [-0.15, -0.1) is 0 Å². The molecule has 0 fully saturated rings. The van der Waals surface area contributed by atoms with Gasteiger partial charge in [-0.1, -0.05) is 31.5 Å². The standard InChI is InChI=1S/C12H14ClF3N2O/c1-8(2)6-18(7-12(14,15)16)11(19)9-4-3-5-10(13)17-9/h3-5,8H,6-7H2,1-2H3. The lowest BCUT2D eigenvalue weighted by atomic mass is 10.2. The van der Waals surface area contributed by atoms with E-state index in [1.165, 1.54) is 18.2 Å². The van der Waals surface area contributed by atoms with Crippen LogP contribution >= 0.6 is 11.6 Å². The zero-order chi connectivity index (χ0) is 14.6. The van der Waals surface area contributed by atoms with E-state index in [0.29, 0.717) is 0 Å². The molecule has 0 saturated heterocycles. The second-order valence-corrected chi connectivity index (χ2v) is 4.93. The smallest absolute Gasteiger partial charge is 0.328 e. The van der Waals surface area contributed by atoms with E-state index >= 15 is 0 Å². The Morgan fingerprint density at radius 2 is 2.05 bits per heavy atom. The molecule has 1 rings (SSSR count).